The molecule has 3 aromatic rings. The lowest BCUT2D eigenvalue weighted by atomic mass is 10.1. The van der Waals surface area contributed by atoms with Gasteiger partial charge in [-0.3, -0.25) is 4.79 Å². The molecule has 0 saturated carbocycles. The van der Waals surface area contributed by atoms with Crippen LogP contribution in [0.5, 0.6) is 5.75 Å². The average Bonchev–Trinajstić information content (AvgIpc) is 3.19. The fraction of sp³-hybridized carbons (Fsp3) is 0.320. The summed E-state index contributed by atoms with van der Waals surface area (Å²) >= 11 is 0.757. The number of nitrogens with zero attached hydrogens (tertiary/aromatic N) is 1. The number of thiazole rings is 1. The van der Waals surface area contributed by atoms with Gasteiger partial charge in [0, 0.05) is 12.1 Å². The number of benzene rings is 2. The number of hydrogen-bond acceptors (Lipinski definition) is 6. The fourth-order valence-corrected chi connectivity index (χ4v) is 4.31. The number of carbonyl (C=O) groups excluding carboxylic acids is 2. The summed E-state index contributed by atoms with van der Waals surface area (Å²) in [5.74, 6) is -2.00. The molecular weight excluding hydrogens is 500 g/mol. The Balaban J connectivity index is 1.70. The number of hydrogen-bond donors (Lipinski definition) is 1. The number of aryl methyl sites for hydroxylation is 1. The van der Waals surface area contributed by atoms with E-state index in [-0.39, 0.29) is 28.7 Å². The normalized spacial score (nSPS) is 11.8. The second kappa shape index (κ2) is 10.7. The smallest absolute Gasteiger partial charge is 0.419 e. The van der Waals surface area contributed by atoms with Crippen molar-refractivity contribution in [2.24, 2.45) is 0 Å². The maximum atomic E-state index is 13.9. The maximum absolute atomic E-state index is 13.9. The molecule has 0 aliphatic rings. The van der Waals surface area contributed by atoms with Gasteiger partial charge in [-0.15, -0.1) is 11.3 Å². The minimum absolute atomic E-state index is 0.102. The molecule has 2 aromatic carbocycles. The molecule has 0 aliphatic carbocycles. The van der Waals surface area contributed by atoms with E-state index in [0.717, 1.165) is 35.1 Å². The van der Waals surface area contributed by atoms with Crippen LogP contribution in [0.25, 0.3) is 10.6 Å². The van der Waals surface area contributed by atoms with Crippen molar-refractivity contribution in [1.29, 1.82) is 0 Å². The van der Waals surface area contributed by atoms with Crippen LogP contribution in [-0.2, 0) is 22.3 Å². The van der Waals surface area contributed by atoms with E-state index in [1.807, 2.05) is 0 Å². The Labute approximate surface area is 209 Å². The van der Waals surface area contributed by atoms with Crippen molar-refractivity contribution in [3.8, 4) is 16.3 Å². The van der Waals surface area contributed by atoms with Crippen LogP contribution in [0.2, 0.25) is 0 Å². The minimum atomic E-state index is -4.91. The number of nitrogens with one attached hydrogen (secondary N) is 1. The topological polar surface area (TPSA) is 77.5 Å². The molecule has 1 heterocycles. The van der Waals surface area contributed by atoms with Gasteiger partial charge >= 0.3 is 12.1 Å². The van der Waals surface area contributed by atoms with Crippen molar-refractivity contribution in [2.75, 3.05) is 6.61 Å². The van der Waals surface area contributed by atoms with Crippen LogP contribution in [0.3, 0.4) is 0 Å². The van der Waals surface area contributed by atoms with Crippen LogP contribution >= 0.6 is 11.3 Å². The Kier molecular flexibility index (Phi) is 8.02. The molecule has 192 valence electrons. The first kappa shape index (κ1) is 27.1. The minimum Gasteiger partial charge on any atom is -0.476 e. The Hall–Kier alpha value is -3.47. The zero-order valence-electron chi connectivity index (χ0n) is 20.0. The summed E-state index contributed by atoms with van der Waals surface area (Å²) in [6.07, 6.45) is -4.91. The number of aromatic nitrogens is 1. The van der Waals surface area contributed by atoms with Crippen molar-refractivity contribution in [3.05, 3.63) is 70.0 Å². The van der Waals surface area contributed by atoms with Crippen molar-refractivity contribution < 1.29 is 36.6 Å². The summed E-state index contributed by atoms with van der Waals surface area (Å²) in [5.41, 5.74) is -2.07. The molecule has 1 amide bonds. The van der Waals surface area contributed by atoms with Crippen molar-refractivity contribution in [1.82, 2.24) is 10.3 Å². The molecule has 0 saturated heterocycles. The zero-order chi connectivity index (χ0) is 26.7. The van der Waals surface area contributed by atoms with Gasteiger partial charge in [0.25, 0.3) is 5.91 Å². The molecule has 1 N–H and O–H groups in total. The highest BCUT2D eigenvalue weighted by Crippen LogP contribution is 2.40. The maximum Gasteiger partial charge on any atom is 0.419 e. The third-order valence-corrected chi connectivity index (χ3v) is 6.24. The number of amides is 1. The van der Waals surface area contributed by atoms with Gasteiger partial charge < -0.3 is 14.8 Å². The molecular formula is C25H24F4N2O4S. The summed E-state index contributed by atoms with van der Waals surface area (Å²) in [6.45, 7) is 6.74. The van der Waals surface area contributed by atoms with E-state index in [2.05, 4.69) is 10.3 Å². The number of rotatable bonds is 8. The first-order valence-corrected chi connectivity index (χ1v) is 11.7. The van der Waals surface area contributed by atoms with E-state index in [1.54, 1.807) is 45.0 Å². The first-order chi connectivity index (χ1) is 16.8. The average molecular weight is 525 g/mol. The number of halogens is 4. The van der Waals surface area contributed by atoms with E-state index in [9.17, 15) is 27.2 Å². The third-order valence-electron chi connectivity index (χ3n) is 5.05. The largest absolute Gasteiger partial charge is 0.476 e. The van der Waals surface area contributed by atoms with Gasteiger partial charge in [0.2, 0.25) is 0 Å². The van der Waals surface area contributed by atoms with Gasteiger partial charge in [-0.05, 0) is 51.5 Å². The molecule has 0 spiro atoms. The van der Waals surface area contributed by atoms with E-state index < -0.39 is 40.6 Å². The molecule has 11 heteroatoms. The van der Waals surface area contributed by atoms with Gasteiger partial charge in [0.05, 0.1) is 12.3 Å². The van der Waals surface area contributed by atoms with E-state index >= 15 is 0 Å². The molecule has 0 bridgehead atoms. The monoisotopic (exact) mass is 524 g/mol. The molecule has 36 heavy (non-hydrogen) atoms. The summed E-state index contributed by atoms with van der Waals surface area (Å²) in [6, 6.07) is 9.70. The van der Waals surface area contributed by atoms with Gasteiger partial charge in [-0.2, -0.15) is 13.2 Å². The van der Waals surface area contributed by atoms with E-state index in [1.165, 1.54) is 6.92 Å². The number of esters is 1. The fourth-order valence-electron chi connectivity index (χ4n) is 3.29. The number of alkyl halides is 3. The summed E-state index contributed by atoms with van der Waals surface area (Å²) in [4.78, 5) is 28.9. The zero-order valence-corrected chi connectivity index (χ0v) is 20.8. The van der Waals surface area contributed by atoms with Crippen molar-refractivity contribution in [3.63, 3.8) is 0 Å². The van der Waals surface area contributed by atoms with Gasteiger partial charge in [-0.25, -0.2) is 14.2 Å². The van der Waals surface area contributed by atoms with Crippen molar-refractivity contribution >= 4 is 23.2 Å². The summed E-state index contributed by atoms with van der Waals surface area (Å²) < 4.78 is 64.8. The van der Waals surface area contributed by atoms with Gasteiger partial charge in [0.15, 0.2) is 5.60 Å². The van der Waals surface area contributed by atoms with Crippen LogP contribution in [-0.4, -0.2) is 29.1 Å². The van der Waals surface area contributed by atoms with Crippen LogP contribution in [0.4, 0.5) is 17.6 Å². The first-order valence-electron chi connectivity index (χ1n) is 10.9. The second-order valence-corrected chi connectivity index (χ2v) is 9.25. The summed E-state index contributed by atoms with van der Waals surface area (Å²) in [5, 5.41) is 2.60. The highest BCUT2D eigenvalue weighted by molar-refractivity contribution is 7.17. The number of carbonyl (C=O) groups is 2. The van der Waals surface area contributed by atoms with Gasteiger partial charge in [0.1, 0.15) is 27.0 Å². The molecule has 0 unspecified atom stereocenters. The third kappa shape index (κ3) is 6.20. The highest BCUT2D eigenvalue weighted by Gasteiger charge is 2.38. The molecule has 0 radical (unpaired) electrons. The lowest BCUT2D eigenvalue weighted by Crippen LogP contribution is -2.39. The Bertz CT molecular complexity index is 1250. The molecule has 0 atom stereocenters. The molecule has 6 nitrogen and oxygen atoms in total. The van der Waals surface area contributed by atoms with E-state index in [0.29, 0.717) is 5.75 Å². The molecule has 0 aliphatic heterocycles. The quantitative estimate of drug-likeness (QED) is 0.292. The predicted octanol–water partition coefficient (Wildman–Crippen LogP) is 5.93. The van der Waals surface area contributed by atoms with Crippen LogP contribution < -0.4 is 10.1 Å². The summed E-state index contributed by atoms with van der Waals surface area (Å²) in [7, 11) is 0. The second-order valence-electron chi connectivity index (χ2n) is 8.25. The lowest BCUT2D eigenvalue weighted by molar-refractivity contribution is -0.158. The molecule has 3 rings (SSSR count). The van der Waals surface area contributed by atoms with Crippen LogP contribution in [0.15, 0.2) is 42.5 Å². The highest BCUT2D eigenvalue weighted by atomic mass is 32.1. The SMILES string of the molecule is CCOC(=O)C(C)(C)Oc1ccc(CNC(=O)c2sc(-c3cccc(F)c3C(F)(F)F)nc2C)cc1. The molecule has 1 aromatic heterocycles. The van der Waals surface area contributed by atoms with Gasteiger partial charge in [-0.1, -0.05) is 24.3 Å². The Morgan fingerprint density at radius 3 is 2.36 bits per heavy atom. The predicted molar refractivity (Wildman–Crippen MR) is 126 cm³/mol. The van der Waals surface area contributed by atoms with Crippen molar-refractivity contribution in [2.45, 2.75) is 46.0 Å². The molecule has 0 fully saturated rings. The van der Waals surface area contributed by atoms with Crippen LogP contribution in [0.1, 0.15) is 47.3 Å². The standard InChI is InChI=1S/C25H24F4N2O4S/c1-5-34-23(33)24(3,4)35-16-11-9-15(10-12-16)13-30-21(32)20-14(2)31-22(36-20)17-7-6-8-18(26)19(17)25(27,28)29/h6-12H,5,13H2,1-4H3,(H,30,32). The Morgan fingerprint density at radius 2 is 1.75 bits per heavy atom. The van der Waals surface area contributed by atoms with Crippen LogP contribution in [0, 0.1) is 12.7 Å². The Morgan fingerprint density at radius 1 is 1.08 bits per heavy atom. The lowest BCUT2D eigenvalue weighted by Gasteiger charge is -2.24. The number of ether oxygens (including phenoxy) is 2. The van der Waals surface area contributed by atoms with E-state index in [4.69, 9.17) is 9.47 Å².